The molecule has 0 fully saturated rings. The van der Waals surface area contributed by atoms with E-state index in [-0.39, 0.29) is 5.41 Å². The monoisotopic (exact) mass is 451 g/mol. The lowest BCUT2D eigenvalue weighted by Crippen LogP contribution is -2.07. The van der Waals surface area contributed by atoms with E-state index >= 15 is 0 Å². The smallest absolute Gasteiger partial charge is 0.126 e. The van der Waals surface area contributed by atoms with Gasteiger partial charge in [-0.15, -0.1) is 0 Å². The lowest BCUT2D eigenvalue weighted by Gasteiger charge is -2.20. The fourth-order valence-corrected chi connectivity index (χ4v) is 3.16. The van der Waals surface area contributed by atoms with Crippen LogP contribution in [0.1, 0.15) is 39.7 Å². The van der Waals surface area contributed by atoms with Gasteiger partial charge in [-0.3, -0.25) is 0 Å². The summed E-state index contributed by atoms with van der Waals surface area (Å²) >= 11 is 0. The molecule has 0 saturated carbocycles. The Bertz CT molecular complexity index is 1090. The summed E-state index contributed by atoms with van der Waals surface area (Å²) in [6.45, 7) is 20.5. The van der Waals surface area contributed by atoms with Crippen molar-refractivity contribution in [3.05, 3.63) is 139 Å². The van der Waals surface area contributed by atoms with Crippen LogP contribution in [-0.4, -0.2) is 0 Å². The molecule has 0 heterocycles. The summed E-state index contributed by atoms with van der Waals surface area (Å²) in [6.07, 6.45) is 14.7. The molecule has 2 heteroatoms. The fraction of sp³-hybridized carbons (Fsp3) is 0.188. The minimum absolute atomic E-state index is 0.0790. The predicted molar refractivity (Wildman–Crippen MR) is 150 cm³/mol. The third-order valence-corrected chi connectivity index (χ3v) is 5.15. The lowest BCUT2D eigenvalue weighted by atomic mass is 9.85. The van der Waals surface area contributed by atoms with Gasteiger partial charge in [0.25, 0.3) is 0 Å². The maximum Gasteiger partial charge on any atom is 0.126 e. The van der Waals surface area contributed by atoms with Gasteiger partial charge >= 0.3 is 0 Å². The van der Waals surface area contributed by atoms with Gasteiger partial charge in [-0.25, -0.2) is 0 Å². The molecule has 0 atom stereocenters. The van der Waals surface area contributed by atoms with Crippen molar-refractivity contribution < 1.29 is 4.74 Å². The summed E-state index contributed by atoms with van der Waals surface area (Å²) in [4.78, 5) is 0. The van der Waals surface area contributed by atoms with E-state index in [0.717, 1.165) is 40.5 Å². The zero-order chi connectivity index (χ0) is 25.0. The second kappa shape index (κ2) is 13.1. The Kier molecular flexibility index (Phi) is 10.2. The van der Waals surface area contributed by atoms with E-state index in [9.17, 15) is 0 Å². The Labute approximate surface area is 206 Å². The molecule has 176 valence electrons. The number of nitrogens with one attached hydrogen (secondary N) is 1. The summed E-state index contributed by atoms with van der Waals surface area (Å²) in [7, 11) is 0. The molecule has 2 aromatic carbocycles. The molecule has 0 radical (unpaired) electrons. The van der Waals surface area contributed by atoms with E-state index in [1.165, 1.54) is 5.57 Å². The average Bonchev–Trinajstić information content (AvgIpc) is 2.81. The van der Waals surface area contributed by atoms with Crippen LogP contribution in [0.3, 0.4) is 0 Å². The van der Waals surface area contributed by atoms with E-state index in [4.69, 9.17) is 4.74 Å². The molecule has 0 aliphatic heterocycles. The van der Waals surface area contributed by atoms with Gasteiger partial charge in [0.15, 0.2) is 0 Å². The molecular weight excluding hydrogens is 414 g/mol. The van der Waals surface area contributed by atoms with Crippen LogP contribution in [0.5, 0.6) is 5.75 Å². The highest BCUT2D eigenvalue weighted by atomic mass is 16.5. The lowest BCUT2D eigenvalue weighted by molar-refractivity contribution is 0.428. The van der Waals surface area contributed by atoms with Gasteiger partial charge in [-0.05, 0) is 78.0 Å². The van der Waals surface area contributed by atoms with Crippen molar-refractivity contribution in [2.24, 2.45) is 5.41 Å². The van der Waals surface area contributed by atoms with Gasteiger partial charge in [-0.1, -0.05) is 95.1 Å². The first kappa shape index (κ1) is 26.5. The standard InChI is InChI=1S/C32H37NO/c1-8-14-28(32(5,6)7)16-13-15-25(3)27-20-23-31(24-21-27)34-26(4)19-22-29(9-2)33-30-17-11-10-12-18-30/h8-14,16-24,33H,1-3,15H2,4-7H3/b16-13-,26-19+,28-14+,29-22+. The fourth-order valence-electron chi connectivity index (χ4n) is 3.16. The Morgan fingerprint density at radius 2 is 1.62 bits per heavy atom. The van der Waals surface area contributed by atoms with E-state index in [1.54, 1.807) is 6.08 Å². The van der Waals surface area contributed by atoms with Gasteiger partial charge in [0, 0.05) is 11.4 Å². The molecule has 0 amide bonds. The van der Waals surface area contributed by atoms with Gasteiger partial charge in [0.05, 0.1) is 0 Å². The molecule has 0 aliphatic rings. The molecular formula is C32H37NO. The van der Waals surface area contributed by atoms with Crippen LogP contribution in [0.4, 0.5) is 5.69 Å². The van der Waals surface area contributed by atoms with E-state index in [2.05, 4.69) is 64.1 Å². The van der Waals surface area contributed by atoms with E-state index in [0.29, 0.717) is 0 Å². The zero-order valence-electron chi connectivity index (χ0n) is 21.0. The molecule has 1 N–H and O–H groups in total. The molecule has 0 spiro atoms. The topological polar surface area (TPSA) is 21.3 Å². The highest BCUT2D eigenvalue weighted by molar-refractivity contribution is 5.65. The van der Waals surface area contributed by atoms with Crippen LogP contribution in [0.15, 0.2) is 134 Å². The first-order chi connectivity index (χ1) is 16.2. The number of para-hydroxylation sites is 1. The maximum absolute atomic E-state index is 5.97. The van der Waals surface area contributed by atoms with Crippen LogP contribution < -0.4 is 10.1 Å². The Morgan fingerprint density at radius 3 is 2.21 bits per heavy atom. The van der Waals surface area contributed by atoms with Crippen LogP contribution in [0, 0.1) is 5.41 Å². The summed E-state index contributed by atoms with van der Waals surface area (Å²) in [6, 6.07) is 18.0. The van der Waals surface area contributed by atoms with Crippen molar-refractivity contribution in [3.63, 3.8) is 0 Å². The number of anilines is 1. The summed E-state index contributed by atoms with van der Waals surface area (Å²) < 4.78 is 5.97. The molecule has 0 aliphatic carbocycles. The van der Waals surface area contributed by atoms with Crippen molar-refractivity contribution in [2.75, 3.05) is 5.32 Å². The second-order valence-electron chi connectivity index (χ2n) is 9.04. The summed E-state index contributed by atoms with van der Waals surface area (Å²) in [5.41, 5.74) is 5.39. The second-order valence-corrected chi connectivity index (χ2v) is 9.04. The van der Waals surface area contributed by atoms with Crippen LogP contribution in [0.2, 0.25) is 0 Å². The van der Waals surface area contributed by atoms with Crippen LogP contribution in [-0.2, 0) is 0 Å². The van der Waals surface area contributed by atoms with Crippen LogP contribution >= 0.6 is 0 Å². The van der Waals surface area contributed by atoms with Crippen LogP contribution in [0.25, 0.3) is 5.57 Å². The third-order valence-electron chi connectivity index (χ3n) is 5.15. The number of hydrogen-bond donors (Lipinski definition) is 1. The SMILES string of the molecule is C=C/C=C(\C=C/CC(=C)c1ccc(O/C(C)=C/C=C(\C=C)Nc2ccccc2)cc1)C(C)(C)C. The minimum Gasteiger partial charge on any atom is -0.462 e. The quantitative estimate of drug-likeness (QED) is 0.271. The van der Waals surface area contributed by atoms with Crippen molar-refractivity contribution in [2.45, 2.75) is 34.1 Å². The highest BCUT2D eigenvalue weighted by Crippen LogP contribution is 2.27. The van der Waals surface area contributed by atoms with E-state index < -0.39 is 0 Å². The number of rotatable bonds is 11. The van der Waals surface area contributed by atoms with Gasteiger partial charge in [0.1, 0.15) is 11.5 Å². The maximum atomic E-state index is 5.97. The molecule has 0 unspecified atom stereocenters. The largest absolute Gasteiger partial charge is 0.462 e. The third kappa shape index (κ3) is 8.99. The normalized spacial score (nSPS) is 13.0. The molecule has 0 aromatic heterocycles. The van der Waals surface area contributed by atoms with Gasteiger partial charge < -0.3 is 10.1 Å². The Balaban J connectivity index is 1.97. The highest BCUT2D eigenvalue weighted by Gasteiger charge is 2.13. The average molecular weight is 452 g/mol. The molecule has 2 rings (SSSR count). The Hall–Kier alpha value is -3.78. The Morgan fingerprint density at radius 1 is 0.941 bits per heavy atom. The molecule has 0 bridgehead atoms. The molecule has 2 aromatic rings. The molecule has 0 saturated heterocycles. The first-order valence-corrected chi connectivity index (χ1v) is 11.5. The first-order valence-electron chi connectivity index (χ1n) is 11.5. The van der Waals surface area contributed by atoms with Gasteiger partial charge in [-0.2, -0.15) is 0 Å². The molecule has 2 nitrogen and oxygen atoms in total. The number of allylic oxidation sites excluding steroid dienone is 10. The minimum atomic E-state index is 0.0790. The summed E-state index contributed by atoms with van der Waals surface area (Å²) in [5, 5.41) is 3.33. The zero-order valence-corrected chi connectivity index (χ0v) is 21.0. The van der Waals surface area contributed by atoms with Gasteiger partial charge in [0.2, 0.25) is 0 Å². The predicted octanol–water partition coefficient (Wildman–Crippen LogP) is 9.27. The number of ether oxygens (including phenoxy) is 1. The summed E-state index contributed by atoms with van der Waals surface area (Å²) in [5.74, 6) is 1.57. The van der Waals surface area contributed by atoms with E-state index in [1.807, 2.05) is 79.7 Å². The van der Waals surface area contributed by atoms with Crippen molar-refractivity contribution in [1.29, 1.82) is 0 Å². The number of benzene rings is 2. The van der Waals surface area contributed by atoms with Crippen molar-refractivity contribution >= 4 is 11.3 Å². The van der Waals surface area contributed by atoms with Crippen molar-refractivity contribution in [1.82, 2.24) is 0 Å². The number of hydrogen-bond acceptors (Lipinski definition) is 2. The van der Waals surface area contributed by atoms with Crippen molar-refractivity contribution in [3.8, 4) is 5.75 Å². The molecule has 34 heavy (non-hydrogen) atoms.